The minimum absolute atomic E-state index is 0. The van der Waals surface area contributed by atoms with E-state index in [0.29, 0.717) is 18.3 Å². The summed E-state index contributed by atoms with van der Waals surface area (Å²) in [5, 5.41) is 24.9. The minimum atomic E-state index is -1.14. The maximum absolute atomic E-state index is 10.5. The zero-order valence-electron chi connectivity index (χ0n) is 14.9. The monoisotopic (exact) mass is 462 g/mol. The molecule has 0 amide bonds. The number of aryl methyl sites for hydroxylation is 1. The Bertz CT molecular complexity index is 639. The van der Waals surface area contributed by atoms with Gasteiger partial charge in [-0.1, -0.05) is 6.92 Å². The fourth-order valence-corrected chi connectivity index (χ4v) is 2.27. The van der Waals surface area contributed by atoms with Crippen LogP contribution in [0.25, 0.3) is 0 Å². The van der Waals surface area contributed by atoms with Crippen LogP contribution >= 0.6 is 24.0 Å². The Kier molecular flexibility index (Phi) is 8.90. The van der Waals surface area contributed by atoms with E-state index in [2.05, 4.69) is 32.7 Å². The second-order valence-electron chi connectivity index (χ2n) is 5.67. The van der Waals surface area contributed by atoms with Crippen LogP contribution in [-0.2, 0) is 18.6 Å². The lowest BCUT2D eigenvalue weighted by atomic mass is 10.0. The Morgan fingerprint density at radius 1 is 1.40 bits per heavy atom. The van der Waals surface area contributed by atoms with Gasteiger partial charge in [0.2, 0.25) is 0 Å². The molecule has 9 heteroatoms. The van der Waals surface area contributed by atoms with Gasteiger partial charge in [-0.05, 0) is 26.0 Å². The van der Waals surface area contributed by atoms with Crippen LogP contribution in [0.2, 0.25) is 0 Å². The number of hydrogen-bond acceptors (Lipinski definition) is 5. The van der Waals surface area contributed by atoms with E-state index in [-0.39, 0.29) is 30.5 Å². The first-order valence-corrected chi connectivity index (χ1v) is 8.22. The van der Waals surface area contributed by atoms with Gasteiger partial charge in [0.25, 0.3) is 0 Å². The third kappa shape index (κ3) is 6.31. The molecule has 0 aliphatic heterocycles. The van der Waals surface area contributed by atoms with E-state index in [1.54, 1.807) is 31.6 Å². The Balaban J connectivity index is 0.00000312. The first kappa shape index (κ1) is 21.4. The molecule has 140 valence electrons. The molecule has 0 saturated heterocycles. The van der Waals surface area contributed by atoms with Gasteiger partial charge < -0.3 is 24.7 Å². The lowest BCUT2D eigenvalue weighted by Gasteiger charge is -2.19. The molecule has 3 N–H and O–H groups in total. The van der Waals surface area contributed by atoms with E-state index in [0.717, 1.165) is 25.3 Å². The van der Waals surface area contributed by atoms with Crippen LogP contribution in [0, 0.1) is 0 Å². The molecule has 0 aliphatic carbocycles. The number of nitrogens with one attached hydrogen (secondary N) is 2. The molecule has 2 aromatic heterocycles. The van der Waals surface area contributed by atoms with Gasteiger partial charge in [0.15, 0.2) is 5.96 Å². The van der Waals surface area contributed by atoms with Crippen molar-refractivity contribution in [3.63, 3.8) is 0 Å². The number of guanidine groups is 1. The second kappa shape index (κ2) is 10.4. The Morgan fingerprint density at radius 2 is 2.20 bits per heavy atom. The first-order chi connectivity index (χ1) is 11.6. The van der Waals surface area contributed by atoms with Gasteiger partial charge >= 0.3 is 0 Å². The third-order valence-electron chi connectivity index (χ3n) is 3.60. The number of rotatable bonds is 8. The zero-order valence-corrected chi connectivity index (χ0v) is 17.2. The lowest BCUT2D eigenvalue weighted by molar-refractivity contribution is 0.0437. The molecule has 0 fully saturated rings. The van der Waals surface area contributed by atoms with Crippen molar-refractivity contribution in [2.75, 3.05) is 19.6 Å². The maximum atomic E-state index is 10.5. The summed E-state index contributed by atoms with van der Waals surface area (Å²) in [6, 6.07) is 3.50. The Morgan fingerprint density at radius 3 is 2.84 bits per heavy atom. The van der Waals surface area contributed by atoms with Crippen molar-refractivity contribution in [3.05, 3.63) is 36.3 Å². The normalized spacial score (nSPS) is 13.8. The quantitative estimate of drug-likeness (QED) is 0.313. The standard InChI is InChI=1S/C16H26N6O2.HI/c1-4-14-21-20-12-22(14)9-8-18-15(17-5-2)19-11-16(3,23)13-7-6-10-24-13;/h6-7,10,12,23H,4-5,8-9,11H2,1-3H3,(H2,17,18,19);1H. The minimum Gasteiger partial charge on any atom is -0.466 e. The Labute approximate surface area is 165 Å². The highest BCUT2D eigenvalue weighted by molar-refractivity contribution is 14.0. The maximum Gasteiger partial charge on any atom is 0.191 e. The van der Waals surface area contributed by atoms with Crippen LogP contribution in [0.5, 0.6) is 0 Å². The Hall–Kier alpha value is -1.62. The second-order valence-corrected chi connectivity index (χ2v) is 5.67. The molecular formula is C16H27IN6O2. The molecule has 1 unspecified atom stereocenters. The van der Waals surface area contributed by atoms with E-state index in [1.807, 2.05) is 11.5 Å². The number of aliphatic imine (C=N–C) groups is 1. The fourth-order valence-electron chi connectivity index (χ4n) is 2.27. The molecule has 25 heavy (non-hydrogen) atoms. The molecule has 0 bridgehead atoms. The summed E-state index contributed by atoms with van der Waals surface area (Å²) in [6.45, 7) is 8.09. The van der Waals surface area contributed by atoms with Crippen LogP contribution in [0.15, 0.2) is 34.1 Å². The van der Waals surface area contributed by atoms with Gasteiger partial charge in [0.1, 0.15) is 23.5 Å². The van der Waals surface area contributed by atoms with Crippen LogP contribution in [-0.4, -0.2) is 45.5 Å². The molecule has 0 radical (unpaired) electrons. The van der Waals surface area contributed by atoms with E-state index in [4.69, 9.17) is 4.42 Å². The number of hydrogen-bond donors (Lipinski definition) is 3. The highest BCUT2D eigenvalue weighted by Crippen LogP contribution is 2.20. The number of halogens is 1. The van der Waals surface area contributed by atoms with E-state index >= 15 is 0 Å². The molecule has 2 heterocycles. The van der Waals surface area contributed by atoms with Crippen molar-refractivity contribution >= 4 is 29.9 Å². The van der Waals surface area contributed by atoms with Crippen LogP contribution in [0.4, 0.5) is 0 Å². The zero-order chi connectivity index (χ0) is 17.4. The summed E-state index contributed by atoms with van der Waals surface area (Å²) in [4.78, 5) is 4.45. The van der Waals surface area contributed by atoms with Crippen LogP contribution < -0.4 is 10.6 Å². The summed E-state index contributed by atoms with van der Waals surface area (Å²) in [5.41, 5.74) is -1.14. The van der Waals surface area contributed by atoms with Gasteiger partial charge in [0.05, 0.1) is 12.8 Å². The fraction of sp³-hybridized carbons (Fsp3) is 0.562. The summed E-state index contributed by atoms with van der Waals surface area (Å²) in [6.07, 6.45) is 4.12. The number of furan rings is 1. The van der Waals surface area contributed by atoms with Gasteiger partial charge in [-0.2, -0.15) is 0 Å². The van der Waals surface area contributed by atoms with Crippen molar-refractivity contribution in [2.45, 2.75) is 39.3 Å². The number of aromatic nitrogens is 3. The highest BCUT2D eigenvalue weighted by Gasteiger charge is 2.26. The van der Waals surface area contributed by atoms with Gasteiger partial charge in [0, 0.05) is 26.1 Å². The number of nitrogens with zero attached hydrogens (tertiary/aromatic N) is 4. The summed E-state index contributed by atoms with van der Waals surface area (Å²) in [7, 11) is 0. The largest absolute Gasteiger partial charge is 0.466 e. The van der Waals surface area contributed by atoms with Crippen molar-refractivity contribution in [2.24, 2.45) is 4.99 Å². The summed E-state index contributed by atoms with van der Waals surface area (Å²) in [5.74, 6) is 2.11. The molecule has 0 spiro atoms. The molecule has 2 aromatic rings. The number of aliphatic hydroxyl groups is 1. The van der Waals surface area contributed by atoms with E-state index in [1.165, 1.54) is 0 Å². The van der Waals surface area contributed by atoms with Crippen molar-refractivity contribution in [1.82, 2.24) is 25.4 Å². The first-order valence-electron chi connectivity index (χ1n) is 8.22. The van der Waals surface area contributed by atoms with Gasteiger partial charge in [-0.25, -0.2) is 4.99 Å². The predicted molar refractivity (Wildman–Crippen MR) is 107 cm³/mol. The van der Waals surface area contributed by atoms with Gasteiger partial charge in [-0.3, -0.25) is 0 Å². The molecule has 8 nitrogen and oxygen atoms in total. The average Bonchev–Trinajstić information content (AvgIpc) is 3.24. The molecule has 0 aromatic carbocycles. The van der Waals surface area contributed by atoms with Crippen LogP contribution in [0.3, 0.4) is 0 Å². The summed E-state index contributed by atoms with van der Waals surface area (Å²) < 4.78 is 7.28. The molecular weight excluding hydrogens is 435 g/mol. The van der Waals surface area contributed by atoms with Crippen molar-refractivity contribution in [1.29, 1.82) is 0 Å². The molecule has 1 atom stereocenters. The predicted octanol–water partition coefficient (Wildman–Crippen LogP) is 1.51. The smallest absolute Gasteiger partial charge is 0.191 e. The van der Waals surface area contributed by atoms with E-state index in [9.17, 15) is 5.11 Å². The molecule has 0 aliphatic rings. The molecule has 2 rings (SSSR count). The third-order valence-corrected chi connectivity index (χ3v) is 3.60. The highest BCUT2D eigenvalue weighted by atomic mass is 127. The lowest BCUT2D eigenvalue weighted by Crippen LogP contribution is -2.40. The SMILES string of the molecule is CCNC(=NCC(C)(O)c1ccco1)NCCn1cnnc1CC.I. The van der Waals surface area contributed by atoms with E-state index < -0.39 is 5.60 Å². The van der Waals surface area contributed by atoms with Gasteiger partial charge in [-0.15, -0.1) is 34.2 Å². The molecule has 0 saturated carbocycles. The van der Waals surface area contributed by atoms with Crippen molar-refractivity contribution in [3.8, 4) is 0 Å². The van der Waals surface area contributed by atoms with Crippen molar-refractivity contribution < 1.29 is 9.52 Å². The van der Waals surface area contributed by atoms with Crippen LogP contribution in [0.1, 0.15) is 32.4 Å². The average molecular weight is 462 g/mol. The summed E-state index contributed by atoms with van der Waals surface area (Å²) >= 11 is 0. The topological polar surface area (TPSA) is 100 Å².